The molecule has 0 rings (SSSR count). The second kappa shape index (κ2) is 9.54. The Bertz CT molecular complexity index is 37.9. The molecule has 0 aromatic heterocycles. The predicted molar refractivity (Wildman–Crippen MR) is 22.1 cm³/mol. The molecule has 0 saturated carbocycles. The Morgan fingerprint density at radius 3 is 1.50 bits per heavy atom. The standard InChI is InChI=1S/CH2O3.K.H2S.H/c2-1(3)4;;;/h(H2,2,3,4);;1H2;/q;+1;;-1. The average Bonchev–Trinajstić information content (AvgIpc) is 0.811. The summed E-state index contributed by atoms with van der Waals surface area (Å²) in [5.41, 5.74) is 0. The maximum absolute atomic E-state index is 8.56. The van der Waals surface area contributed by atoms with Crippen molar-refractivity contribution in [2.45, 2.75) is 0 Å². The van der Waals surface area contributed by atoms with E-state index in [1.165, 1.54) is 0 Å². The summed E-state index contributed by atoms with van der Waals surface area (Å²) in [6.07, 6.45) is -1.83. The molecule has 0 fully saturated rings. The molecular formula is CH5KO3S. The molecule has 0 aromatic carbocycles. The molecule has 34 valence electrons. The molecule has 0 spiro atoms. The van der Waals surface area contributed by atoms with Gasteiger partial charge >= 0.3 is 57.5 Å². The van der Waals surface area contributed by atoms with Crippen molar-refractivity contribution in [3.8, 4) is 0 Å². The number of carboxylic acid groups (broad SMARTS) is 2. The summed E-state index contributed by atoms with van der Waals surface area (Å²) in [5, 5.41) is 13.9. The summed E-state index contributed by atoms with van der Waals surface area (Å²) < 4.78 is 0. The molecule has 0 aliphatic carbocycles. The fourth-order valence-corrected chi connectivity index (χ4v) is 0. The summed E-state index contributed by atoms with van der Waals surface area (Å²) in [7, 11) is 0. The topological polar surface area (TPSA) is 57.5 Å². The van der Waals surface area contributed by atoms with Crippen molar-refractivity contribution in [3.63, 3.8) is 0 Å². The van der Waals surface area contributed by atoms with Crippen molar-refractivity contribution in [1.82, 2.24) is 0 Å². The normalized spacial score (nSPS) is 4.00. The van der Waals surface area contributed by atoms with Gasteiger partial charge in [-0.05, 0) is 0 Å². The second-order valence-electron chi connectivity index (χ2n) is 0.283. The van der Waals surface area contributed by atoms with Gasteiger partial charge in [-0.15, -0.1) is 0 Å². The largest absolute Gasteiger partial charge is 1.00 e. The molecule has 0 radical (unpaired) electrons. The third kappa shape index (κ3) is 60.3. The zero-order chi connectivity index (χ0) is 3.58. The summed E-state index contributed by atoms with van der Waals surface area (Å²) >= 11 is 0. The van der Waals surface area contributed by atoms with E-state index < -0.39 is 6.16 Å². The number of rotatable bonds is 0. The van der Waals surface area contributed by atoms with Crippen LogP contribution in [0.25, 0.3) is 0 Å². The first-order valence-electron chi connectivity index (χ1n) is 0.651. The molecule has 0 saturated heterocycles. The van der Waals surface area contributed by atoms with Crippen molar-refractivity contribution < 1.29 is 67.8 Å². The average molecular weight is 136 g/mol. The van der Waals surface area contributed by atoms with Crippen LogP contribution in [-0.4, -0.2) is 16.4 Å². The molecule has 5 heteroatoms. The van der Waals surface area contributed by atoms with Gasteiger partial charge in [0.25, 0.3) is 0 Å². The summed E-state index contributed by atoms with van der Waals surface area (Å²) in [6, 6.07) is 0. The van der Waals surface area contributed by atoms with Gasteiger partial charge in [0.1, 0.15) is 0 Å². The van der Waals surface area contributed by atoms with E-state index in [-0.39, 0.29) is 66.3 Å². The third-order valence-corrected chi connectivity index (χ3v) is 0. The first-order chi connectivity index (χ1) is 1.73. The Balaban J connectivity index is -0.0000000150. The second-order valence-corrected chi connectivity index (χ2v) is 0.283. The van der Waals surface area contributed by atoms with E-state index in [9.17, 15) is 0 Å². The minimum atomic E-state index is -1.83. The molecule has 6 heavy (non-hydrogen) atoms. The van der Waals surface area contributed by atoms with Gasteiger partial charge in [0.2, 0.25) is 0 Å². The summed E-state index contributed by atoms with van der Waals surface area (Å²) in [5.74, 6) is 0. The van der Waals surface area contributed by atoms with Crippen molar-refractivity contribution >= 4 is 19.7 Å². The van der Waals surface area contributed by atoms with Gasteiger partial charge in [0, 0.05) is 0 Å². The van der Waals surface area contributed by atoms with Crippen LogP contribution in [0.3, 0.4) is 0 Å². The maximum Gasteiger partial charge on any atom is 1.00 e. The molecule has 0 bridgehead atoms. The van der Waals surface area contributed by atoms with Crippen LogP contribution in [0.5, 0.6) is 0 Å². The van der Waals surface area contributed by atoms with Gasteiger partial charge in [0.15, 0.2) is 0 Å². The van der Waals surface area contributed by atoms with Gasteiger partial charge in [-0.3, -0.25) is 0 Å². The Labute approximate surface area is 86.1 Å². The molecule has 0 atom stereocenters. The monoisotopic (exact) mass is 136 g/mol. The predicted octanol–water partition coefficient (Wildman–Crippen LogP) is -2.55. The van der Waals surface area contributed by atoms with Crippen LogP contribution < -0.4 is 51.4 Å². The number of carbonyl (C=O) groups is 1. The van der Waals surface area contributed by atoms with Crippen molar-refractivity contribution in [2.24, 2.45) is 0 Å². The van der Waals surface area contributed by atoms with Gasteiger partial charge < -0.3 is 11.6 Å². The smallest absolute Gasteiger partial charge is 1.00 e. The zero-order valence-electron chi connectivity index (χ0n) is 4.30. The van der Waals surface area contributed by atoms with Crippen LogP contribution >= 0.6 is 13.5 Å². The molecule has 0 aromatic rings. The Morgan fingerprint density at radius 1 is 1.50 bits per heavy atom. The Kier molecular flexibility index (Phi) is 24.9. The fraction of sp³-hybridized carbons (Fsp3) is 0. The Morgan fingerprint density at radius 2 is 1.50 bits per heavy atom. The van der Waals surface area contributed by atoms with E-state index in [0.717, 1.165) is 0 Å². The quantitative estimate of drug-likeness (QED) is 0.361. The first-order valence-corrected chi connectivity index (χ1v) is 0.651. The van der Waals surface area contributed by atoms with Crippen LogP contribution in [0.15, 0.2) is 0 Å². The van der Waals surface area contributed by atoms with Crippen LogP contribution in [0.1, 0.15) is 1.43 Å². The van der Waals surface area contributed by atoms with Crippen molar-refractivity contribution in [3.05, 3.63) is 0 Å². The molecule has 0 amide bonds. The number of hydrogen-bond acceptors (Lipinski definition) is 1. The minimum Gasteiger partial charge on any atom is -1.00 e. The summed E-state index contributed by atoms with van der Waals surface area (Å²) in [4.78, 5) is 8.56. The van der Waals surface area contributed by atoms with E-state index >= 15 is 0 Å². The van der Waals surface area contributed by atoms with Gasteiger partial charge in [-0.2, -0.15) is 13.5 Å². The minimum absolute atomic E-state index is 0. The van der Waals surface area contributed by atoms with Crippen LogP contribution in [0.2, 0.25) is 0 Å². The third-order valence-electron chi connectivity index (χ3n) is 0. The molecule has 0 heterocycles. The van der Waals surface area contributed by atoms with E-state index in [1.54, 1.807) is 0 Å². The summed E-state index contributed by atoms with van der Waals surface area (Å²) in [6.45, 7) is 0. The van der Waals surface area contributed by atoms with Gasteiger partial charge in [-0.25, -0.2) is 4.79 Å². The van der Waals surface area contributed by atoms with Crippen molar-refractivity contribution in [2.75, 3.05) is 0 Å². The molecule has 2 N–H and O–H groups in total. The maximum atomic E-state index is 8.56. The van der Waals surface area contributed by atoms with Crippen LogP contribution in [-0.2, 0) is 0 Å². The van der Waals surface area contributed by atoms with Gasteiger partial charge in [-0.1, -0.05) is 0 Å². The van der Waals surface area contributed by atoms with Gasteiger partial charge in [0.05, 0.1) is 0 Å². The molecule has 0 unspecified atom stereocenters. The number of hydrogen-bond donors (Lipinski definition) is 2. The zero-order valence-corrected chi connectivity index (χ0v) is 7.43. The first kappa shape index (κ1) is 15.7. The van der Waals surface area contributed by atoms with E-state index in [0.29, 0.717) is 0 Å². The van der Waals surface area contributed by atoms with Crippen molar-refractivity contribution in [1.29, 1.82) is 0 Å². The van der Waals surface area contributed by atoms with E-state index in [4.69, 9.17) is 15.0 Å². The fourth-order valence-electron chi connectivity index (χ4n) is 0. The van der Waals surface area contributed by atoms with Crippen LogP contribution in [0, 0.1) is 0 Å². The molecule has 0 aliphatic rings. The Hall–Kier alpha value is 1.26. The SMILES string of the molecule is O=C(O)O.S.[H-].[K+]. The van der Waals surface area contributed by atoms with Crippen LogP contribution in [0.4, 0.5) is 4.79 Å². The van der Waals surface area contributed by atoms with E-state index in [1.807, 2.05) is 0 Å². The van der Waals surface area contributed by atoms with E-state index in [2.05, 4.69) is 0 Å². The molecule has 0 aliphatic heterocycles. The molecule has 3 nitrogen and oxygen atoms in total. The molecular weight excluding hydrogens is 131 g/mol.